The summed E-state index contributed by atoms with van der Waals surface area (Å²) in [5.74, 6) is -1.15. The summed E-state index contributed by atoms with van der Waals surface area (Å²) >= 11 is 0. The largest absolute Gasteiger partial charge is 0.458 e. The molecule has 0 spiro atoms. The summed E-state index contributed by atoms with van der Waals surface area (Å²) in [7, 11) is 0. The number of ether oxygens (including phenoxy) is 3. The van der Waals surface area contributed by atoms with Crippen LogP contribution >= 0.6 is 0 Å². The van der Waals surface area contributed by atoms with E-state index in [0.29, 0.717) is 0 Å². The molecule has 5 heteroatoms. The second kappa shape index (κ2) is 9.41. The summed E-state index contributed by atoms with van der Waals surface area (Å²) in [6.45, 7) is 10.6. The molecule has 0 heterocycles. The summed E-state index contributed by atoms with van der Waals surface area (Å²) in [5, 5.41) is 0. The van der Waals surface area contributed by atoms with E-state index in [1.807, 2.05) is 13.8 Å². The van der Waals surface area contributed by atoms with Gasteiger partial charge >= 0.3 is 11.9 Å². The van der Waals surface area contributed by atoms with Gasteiger partial charge in [-0.3, -0.25) is 0 Å². The Kier molecular flexibility index (Phi) is 8.57. The fourth-order valence-electron chi connectivity index (χ4n) is 0.952. The van der Waals surface area contributed by atoms with Gasteiger partial charge in [0.05, 0.1) is 12.7 Å². The third-order valence-corrected chi connectivity index (χ3v) is 2.17. The lowest BCUT2D eigenvalue weighted by molar-refractivity contribution is -0.157. The standard InChI is InChI=1S/C13H20O5/c1-5-10(4)16-8-11(18-13(15)7-3)9-17-12(14)6-2/h6-7,10-11H,2-3,5,8-9H2,1,4H3. The minimum Gasteiger partial charge on any atom is -0.458 e. The molecule has 0 fully saturated rings. The van der Waals surface area contributed by atoms with Gasteiger partial charge in [0, 0.05) is 12.2 Å². The fraction of sp³-hybridized carbons (Fsp3) is 0.538. The Morgan fingerprint density at radius 3 is 2.28 bits per heavy atom. The van der Waals surface area contributed by atoms with Gasteiger partial charge in [0.2, 0.25) is 0 Å². The first-order chi connectivity index (χ1) is 8.53. The highest BCUT2D eigenvalue weighted by Gasteiger charge is 2.16. The Morgan fingerprint density at radius 1 is 1.17 bits per heavy atom. The Morgan fingerprint density at radius 2 is 1.78 bits per heavy atom. The van der Waals surface area contributed by atoms with Gasteiger partial charge in [-0.25, -0.2) is 9.59 Å². The van der Waals surface area contributed by atoms with Crippen LogP contribution in [0.15, 0.2) is 25.3 Å². The molecule has 2 atom stereocenters. The average molecular weight is 256 g/mol. The van der Waals surface area contributed by atoms with E-state index >= 15 is 0 Å². The lowest BCUT2D eigenvalue weighted by Gasteiger charge is -2.19. The van der Waals surface area contributed by atoms with Crippen molar-refractivity contribution in [1.82, 2.24) is 0 Å². The smallest absolute Gasteiger partial charge is 0.330 e. The topological polar surface area (TPSA) is 61.8 Å². The van der Waals surface area contributed by atoms with Gasteiger partial charge in [0.15, 0.2) is 6.10 Å². The SMILES string of the molecule is C=CC(=O)OCC(COC(C)CC)OC(=O)C=C. The highest BCUT2D eigenvalue weighted by molar-refractivity contribution is 5.82. The summed E-state index contributed by atoms with van der Waals surface area (Å²) in [6.07, 6.45) is 2.33. The van der Waals surface area contributed by atoms with Crippen LogP contribution in [0.1, 0.15) is 20.3 Å². The maximum Gasteiger partial charge on any atom is 0.330 e. The molecule has 0 aromatic carbocycles. The molecule has 18 heavy (non-hydrogen) atoms. The van der Waals surface area contributed by atoms with Crippen molar-refractivity contribution in [2.75, 3.05) is 13.2 Å². The molecule has 0 amide bonds. The first kappa shape index (κ1) is 16.4. The van der Waals surface area contributed by atoms with Crippen LogP contribution in [-0.4, -0.2) is 37.4 Å². The number of esters is 2. The maximum absolute atomic E-state index is 11.1. The van der Waals surface area contributed by atoms with Crippen LogP contribution < -0.4 is 0 Å². The van der Waals surface area contributed by atoms with E-state index in [9.17, 15) is 9.59 Å². The van der Waals surface area contributed by atoms with Gasteiger partial charge in [-0.15, -0.1) is 0 Å². The number of hydrogen-bond donors (Lipinski definition) is 0. The Labute approximate surface area is 107 Å². The maximum atomic E-state index is 11.1. The summed E-state index contributed by atoms with van der Waals surface area (Å²) in [5.41, 5.74) is 0. The van der Waals surface area contributed by atoms with Crippen LogP contribution in [0.4, 0.5) is 0 Å². The summed E-state index contributed by atoms with van der Waals surface area (Å²) < 4.78 is 15.2. The number of rotatable bonds is 9. The van der Waals surface area contributed by atoms with Crippen molar-refractivity contribution in [3.05, 3.63) is 25.3 Å². The number of hydrogen-bond acceptors (Lipinski definition) is 5. The first-order valence-electron chi connectivity index (χ1n) is 5.77. The predicted octanol–water partition coefficient (Wildman–Crippen LogP) is 1.63. The second-order valence-corrected chi connectivity index (χ2v) is 3.65. The average Bonchev–Trinajstić information content (AvgIpc) is 2.40. The molecule has 0 aromatic rings. The second-order valence-electron chi connectivity index (χ2n) is 3.65. The zero-order valence-electron chi connectivity index (χ0n) is 10.9. The minimum absolute atomic E-state index is 0.0463. The Balaban J connectivity index is 4.23. The van der Waals surface area contributed by atoms with E-state index in [4.69, 9.17) is 14.2 Å². The van der Waals surface area contributed by atoms with E-state index < -0.39 is 18.0 Å². The highest BCUT2D eigenvalue weighted by Crippen LogP contribution is 2.02. The van der Waals surface area contributed by atoms with Crippen molar-refractivity contribution in [3.63, 3.8) is 0 Å². The third-order valence-electron chi connectivity index (χ3n) is 2.17. The number of carbonyl (C=O) groups is 2. The monoisotopic (exact) mass is 256 g/mol. The molecule has 0 aliphatic heterocycles. The van der Waals surface area contributed by atoms with Crippen molar-refractivity contribution >= 4 is 11.9 Å². The van der Waals surface area contributed by atoms with E-state index in [-0.39, 0.29) is 19.3 Å². The van der Waals surface area contributed by atoms with E-state index in [1.54, 1.807) is 0 Å². The molecule has 0 saturated carbocycles. The van der Waals surface area contributed by atoms with Crippen LogP contribution in [0.5, 0.6) is 0 Å². The van der Waals surface area contributed by atoms with E-state index in [1.165, 1.54) is 0 Å². The van der Waals surface area contributed by atoms with Crippen molar-refractivity contribution in [2.45, 2.75) is 32.5 Å². The van der Waals surface area contributed by atoms with Gasteiger partial charge in [0.25, 0.3) is 0 Å². The van der Waals surface area contributed by atoms with Crippen LogP contribution in [0.2, 0.25) is 0 Å². The molecule has 0 aliphatic rings. The normalized spacial score (nSPS) is 13.2. The third kappa shape index (κ3) is 7.62. The molecular formula is C13H20O5. The fourth-order valence-corrected chi connectivity index (χ4v) is 0.952. The summed E-state index contributed by atoms with van der Waals surface area (Å²) in [6, 6.07) is 0. The molecule has 2 unspecified atom stereocenters. The van der Waals surface area contributed by atoms with Gasteiger partial charge in [-0.2, -0.15) is 0 Å². The van der Waals surface area contributed by atoms with Crippen molar-refractivity contribution in [2.24, 2.45) is 0 Å². The predicted molar refractivity (Wildman–Crippen MR) is 66.9 cm³/mol. The van der Waals surface area contributed by atoms with Gasteiger partial charge in [-0.05, 0) is 13.3 Å². The summed E-state index contributed by atoms with van der Waals surface area (Å²) in [4.78, 5) is 22.0. The highest BCUT2D eigenvalue weighted by atomic mass is 16.6. The molecule has 0 rings (SSSR count). The van der Waals surface area contributed by atoms with Crippen molar-refractivity contribution < 1.29 is 23.8 Å². The van der Waals surface area contributed by atoms with Gasteiger partial charge < -0.3 is 14.2 Å². The van der Waals surface area contributed by atoms with Crippen LogP contribution in [0.3, 0.4) is 0 Å². The van der Waals surface area contributed by atoms with Crippen LogP contribution in [-0.2, 0) is 23.8 Å². The molecule has 0 radical (unpaired) electrons. The lowest BCUT2D eigenvalue weighted by atomic mass is 10.3. The first-order valence-corrected chi connectivity index (χ1v) is 5.77. The minimum atomic E-state index is -0.645. The Hall–Kier alpha value is -1.62. The van der Waals surface area contributed by atoms with Crippen molar-refractivity contribution in [1.29, 1.82) is 0 Å². The quantitative estimate of drug-likeness (QED) is 0.463. The zero-order chi connectivity index (χ0) is 14.0. The molecule has 0 saturated heterocycles. The van der Waals surface area contributed by atoms with Gasteiger partial charge in [0.1, 0.15) is 6.61 Å². The lowest BCUT2D eigenvalue weighted by Crippen LogP contribution is -2.30. The van der Waals surface area contributed by atoms with Crippen LogP contribution in [0, 0.1) is 0 Å². The molecular weight excluding hydrogens is 236 g/mol. The van der Waals surface area contributed by atoms with Crippen LogP contribution in [0.25, 0.3) is 0 Å². The van der Waals surface area contributed by atoms with E-state index in [2.05, 4.69) is 13.2 Å². The molecule has 0 aliphatic carbocycles. The van der Waals surface area contributed by atoms with E-state index in [0.717, 1.165) is 18.6 Å². The molecule has 102 valence electrons. The number of carbonyl (C=O) groups excluding carboxylic acids is 2. The van der Waals surface area contributed by atoms with Crippen molar-refractivity contribution in [3.8, 4) is 0 Å². The van der Waals surface area contributed by atoms with Gasteiger partial charge in [-0.1, -0.05) is 20.1 Å². The molecule has 0 N–H and O–H groups in total. The zero-order valence-corrected chi connectivity index (χ0v) is 10.9. The molecule has 0 bridgehead atoms. The Bertz CT molecular complexity index is 298. The molecule has 5 nitrogen and oxygen atoms in total. The molecule has 0 aromatic heterocycles.